The third-order valence-corrected chi connectivity index (χ3v) is 5.06. The number of aromatic nitrogens is 4. The number of hydrogen-bond acceptors (Lipinski definition) is 6. The van der Waals surface area contributed by atoms with E-state index in [0.717, 1.165) is 10.3 Å². The van der Waals surface area contributed by atoms with E-state index in [9.17, 15) is 14.0 Å². The fourth-order valence-electron chi connectivity index (χ4n) is 3.60. The number of nitrogens with zero attached hydrogens (tertiary/aromatic N) is 6. The zero-order chi connectivity index (χ0) is 21.4. The number of fused-ring (bicyclic) bond motifs is 3. The summed E-state index contributed by atoms with van der Waals surface area (Å²) in [6.07, 6.45) is 0. The zero-order valence-corrected chi connectivity index (χ0v) is 17.1. The smallest absolute Gasteiger partial charge is 0.332 e. The molecule has 9 nitrogen and oxygen atoms in total. The molecule has 1 aliphatic heterocycles. The molecule has 158 valence electrons. The summed E-state index contributed by atoms with van der Waals surface area (Å²) in [5.41, 5.74) is 0.576. The maximum atomic E-state index is 14.1. The Labute approximate surface area is 171 Å². The second-order valence-corrected chi connectivity index (χ2v) is 7.15. The van der Waals surface area contributed by atoms with Gasteiger partial charge in [0.1, 0.15) is 5.82 Å². The van der Waals surface area contributed by atoms with Gasteiger partial charge in [-0.3, -0.25) is 18.5 Å². The molecule has 0 atom stereocenters. The molecule has 0 spiro atoms. The highest BCUT2D eigenvalue weighted by Crippen LogP contribution is 2.23. The van der Waals surface area contributed by atoms with E-state index in [1.807, 2.05) is 13.8 Å². The molecule has 0 bridgehead atoms. The van der Waals surface area contributed by atoms with E-state index in [-0.39, 0.29) is 17.8 Å². The Bertz CT molecular complexity index is 1260. The molecule has 3 heterocycles. The average molecular weight is 414 g/mol. The summed E-state index contributed by atoms with van der Waals surface area (Å²) < 4.78 is 23.7. The minimum Gasteiger partial charge on any atom is -0.380 e. The first-order valence-electron chi connectivity index (χ1n) is 9.75. The molecule has 1 aromatic carbocycles. The van der Waals surface area contributed by atoms with Gasteiger partial charge in [-0.05, 0) is 19.9 Å². The molecule has 0 fully saturated rings. The molecular weight excluding hydrogens is 391 g/mol. The Kier molecular flexibility index (Phi) is 5.25. The van der Waals surface area contributed by atoms with Crippen LogP contribution < -0.4 is 16.3 Å². The molecule has 0 aliphatic carbocycles. The number of imidazole rings is 1. The number of anilines is 1. The van der Waals surface area contributed by atoms with Crippen LogP contribution in [-0.2, 0) is 24.9 Å². The lowest BCUT2D eigenvalue weighted by Crippen LogP contribution is -2.40. The lowest BCUT2D eigenvalue weighted by molar-refractivity contribution is 0.153. The van der Waals surface area contributed by atoms with Crippen molar-refractivity contribution >= 4 is 22.8 Å². The molecule has 30 heavy (non-hydrogen) atoms. The first kappa shape index (κ1) is 20.0. The fraction of sp³-hybridized carbons (Fsp3) is 0.400. The number of halogens is 1. The topological polar surface area (TPSA) is 86.7 Å². The van der Waals surface area contributed by atoms with Crippen molar-refractivity contribution < 1.29 is 9.13 Å². The minimum atomic E-state index is -0.551. The van der Waals surface area contributed by atoms with Crippen molar-refractivity contribution in [3.63, 3.8) is 0 Å². The van der Waals surface area contributed by atoms with E-state index in [1.54, 1.807) is 34.8 Å². The molecule has 2 aromatic heterocycles. The largest absolute Gasteiger partial charge is 0.380 e. The number of hydrazone groups is 1. The molecule has 3 aromatic rings. The monoisotopic (exact) mass is 414 g/mol. The normalized spacial score (nSPS) is 13.6. The van der Waals surface area contributed by atoms with Gasteiger partial charge in [0.25, 0.3) is 5.56 Å². The van der Waals surface area contributed by atoms with E-state index in [2.05, 4.69) is 10.1 Å². The van der Waals surface area contributed by atoms with Crippen LogP contribution in [-0.4, -0.2) is 44.2 Å². The molecule has 4 rings (SSSR count). The summed E-state index contributed by atoms with van der Waals surface area (Å²) in [5.74, 6) is 0.0120. The zero-order valence-electron chi connectivity index (χ0n) is 17.1. The molecule has 0 saturated carbocycles. The summed E-state index contributed by atoms with van der Waals surface area (Å²) in [6.45, 7) is 5.50. The van der Waals surface area contributed by atoms with Crippen LogP contribution >= 0.6 is 0 Å². The number of ether oxygens (including phenoxy) is 1. The van der Waals surface area contributed by atoms with Crippen LogP contribution in [0, 0.1) is 5.82 Å². The van der Waals surface area contributed by atoms with Crippen LogP contribution in [0.25, 0.3) is 11.2 Å². The van der Waals surface area contributed by atoms with Gasteiger partial charge in [-0.2, -0.15) is 10.1 Å². The van der Waals surface area contributed by atoms with Crippen LogP contribution in [0.5, 0.6) is 0 Å². The Hall–Kier alpha value is -3.27. The van der Waals surface area contributed by atoms with Gasteiger partial charge < -0.3 is 4.74 Å². The molecular formula is C20H23FN6O3. The summed E-state index contributed by atoms with van der Waals surface area (Å²) in [6, 6.07) is 6.10. The van der Waals surface area contributed by atoms with Crippen molar-refractivity contribution in [2.75, 3.05) is 24.8 Å². The van der Waals surface area contributed by atoms with Gasteiger partial charge in [-0.25, -0.2) is 14.2 Å². The second kappa shape index (κ2) is 7.86. The van der Waals surface area contributed by atoms with Gasteiger partial charge >= 0.3 is 5.69 Å². The summed E-state index contributed by atoms with van der Waals surface area (Å²) in [4.78, 5) is 30.7. The number of aryl methyl sites for hydroxylation is 1. The number of benzene rings is 1. The number of rotatable bonds is 6. The van der Waals surface area contributed by atoms with E-state index in [4.69, 9.17) is 4.74 Å². The quantitative estimate of drug-likeness (QED) is 0.568. The highest BCUT2D eigenvalue weighted by molar-refractivity contribution is 5.87. The molecule has 0 radical (unpaired) electrons. The standard InChI is InChI=1S/C20H23FN6O3/c1-4-30-10-9-27-19-22-17-16(25(19)11-13(2)23-27)18(28)26(20(29)24(17)3)12-14-7-5-6-8-15(14)21/h5-8H,4,9-12H2,1-3H3. The first-order valence-corrected chi connectivity index (χ1v) is 9.75. The van der Waals surface area contributed by atoms with Gasteiger partial charge in [0, 0.05) is 19.2 Å². The molecule has 0 saturated heterocycles. The summed E-state index contributed by atoms with van der Waals surface area (Å²) in [7, 11) is 1.55. The predicted octanol–water partition coefficient (Wildman–Crippen LogP) is 1.32. The second-order valence-electron chi connectivity index (χ2n) is 7.15. The highest BCUT2D eigenvalue weighted by atomic mass is 19.1. The third kappa shape index (κ3) is 3.32. The molecule has 0 unspecified atom stereocenters. The summed E-state index contributed by atoms with van der Waals surface area (Å²) >= 11 is 0. The molecule has 10 heteroatoms. The number of hydrogen-bond donors (Lipinski definition) is 0. The fourth-order valence-corrected chi connectivity index (χ4v) is 3.60. The molecule has 0 amide bonds. The van der Waals surface area contributed by atoms with Crippen molar-refractivity contribution in [3.8, 4) is 0 Å². The van der Waals surface area contributed by atoms with Gasteiger partial charge in [-0.1, -0.05) is 18.2 Å². The van der Waals surface area contributed by atoms with Crippen molar-refractivity contribution in [1.82, 2.24) is 18.7 Å². The third-order valence-electron chi connectivity index (χ3n) is 5.06. The van der Waals surface area contributed by atoms with E-state index in [1.165, 1.54) is 10.6 Å². The van der Waals surface area contributed by atoms with E-state index < -0.39 is 17.1 Å². The van der Waals surface area contributed by atoms with Gasteiger partial charge in [0.2, 0.25) is 5.95 Å². The molecule has 1 aliphatic rings. The van der Waals surface area contributed by atoms with Crippen molar-refractivity contribution in [2.24, 2.45) is 12.1 Å². The van der Waals surface area contributed by atoms with Crippen molar-refractivity contribution in [2.45, 2.75) is 26.9 Å². The lowest BCUT2D eigenvalue weighted by atomic mass is 10.2. The van der Waals surface area contributed by atoms with Crippen LogP contribution in [0.15, 0.2) is 39.0 Å². The Morgan fingerprint density at radius 2 is 2.00 bits per heavy atom. The highest BCUT2D eigenvalue weighted by Gasteiger charge is 2.26. The molecule has 0 N–H and O–H groups in total. The average Bonchev–Trinajstić information content (AvgIpc) is 3.10. The van der Waals surface area contributed by atoms with Crippen LogP contribution in [0.3, 0.4) is 0 Å². The van der Waals surface area contributed by atoms with Crippen LogP contribution in [0.4, 0.5) is 10.3 Å². The van der Waals surface area contributed by atoms with E-state index >= 15 is 0 Å². The maximum Gasteiger partial charge on any atom is 0.332 e. The first-order chi connectivity index (χ1) is 14.4. The SMILES string of the molecule is CCOCCN1N=C(C)Cn2c1nc1c2c(=O)n(Cc2ccccc2F)c(=O)n1C. The lowest BCUT2D eigenvalue weighted by Gasteiger charge is -2.24. The predicted molar refractivity (Wildman–Crippen MR) is 112 cm³/mol. The summed E-state index contributed by atoms with van der Waals surface area (Å²) in [5, 5.41) is 6.20. The van der Waals surface area contributed by atoms with Gasteiger partial charge in [0.15, 0.2) is 11.2 Å². The Balaban J connectivity index is 1.87. The Morgan fingerprint density at radius 3 is 2.73 bits per heavy atom. The maximum absolute atomic E-state index is 14.1. The van der Waals surface area contributed by atoms with Gasteiger partial charge in [0.05, 0.1) is 32.0 Å². The van der Waals surface area contributed by atoms with Crippen LogP contribution in [0.1, 0.15) is 19.4 Å². The van der Waals surface area contributed by atoms with Crippen molar-refractivity contribution in [3.05, 3.63) is 56.5 Å². The Morgan fingerprint density at radius 1 is 1.23 bits per heavy atom. The van der Waals surface area contributed by atoms with Gasteiger partial charge in [-0.15, -0.1) is 0 Å². The van der Waals surface area contributed by atoms with Crippen LogP contribution in [0.2, 0.25) is 0 Å². The minimum absolute atomic E-state index is 0.157. The van der Waals surface area contributed by atoms with Crippen molar-refractivity contribution in [1.29, 1.82) is 0 Å². The van der Waals surface area contributed by atoms with E-state index in [0.29, 0.717) is 37.8 Å².